The van der Waals surface area contributed by atoms with Crippen LogP contribution < -0.4 is 10.1 Å². The molecular weight excluding hydrogens is 376 g/mol. The quantitative estimate of drug-likeness (QED) is 0.391. The van der Waals surface area contributed by atoms with Gasteiger partial charge in [0.25, 0.3) is 0 Å². The number of aromatic hydroxyl groups is 1. The van der Waals surface area contributed by atoms with E-state index in [1.54, 1.807) is 31.2 Å². The van der Waals surface area contributed by atoms with Crippen LogP contribution in [-0.2, 0) is 4.74 Å². The highest BCUT2D eigenvalue weighted by molar-refractivity contribution is 7.97. The van der Waals surface area contributed by atoms with E-state index in [4.69, 9.17) is 9.47 Å². The predicted octanol–water partition coefficient (Wildman–Crippen LogP) is 5.06. The summed E-state index contributed by atoms with van der Waals surface area (Å²) in [7, 11) is 1.54. The van der Waals surface area contributed by atoms with Crippen molar-refractivity contribution in [1.82, 2.24) is 9.62 Å². The number of rotatable bonds is 11. The molecular formula is C21H36N2O4S. The van der Waals surface area contributed by atoms with Crippen molar-refractivity contribution in [1.29, 1.82) is 0 Å². The topological polar surface area (TPSA) is 71.0 Å². The van der Waals surface area contributed by atoms with Crippen LogP contribution in [0, 0.1) is 5.92 Å². The number of hydrogen-bond acceptors (Lipinski definition) is 6. The molecule has 160 valence electrons. The molecule has 0 heterocycles. The Balaban J connectivity index is 2.47. The van der Waals surface area contributed by atoms with E-state index in [2.05, 4.69) is 23.5 Å². The minimum absolute atomic E-state index is 0.151. The van der Waals surface area contributed by atoms with Gasteiger partial charge in [0.1, 0.15) is 5.60 Å². The third-order valence-electron chi connectivity index (χ3n) is 3.84. The van der Waals surface area contributed by atoms with Crippen molar-refractivity contribution < 1.29 is 19.4 Å². The maximum atomic E-state index is 11.7. The van der Waals surface area contributed by atoms with Crippen molar-refractivity contribution in [2.24, 2.45) is 5.92 Å². The van der Waals surface area contributed by atoms with Gasteiger partial charge >= 0.3 is 6.09 Å². The molecule has 6 nitrogen and oxygen atoms in total. The fraction of sp³-hybridized carbons (Fsp3) is 0.667. The lowest BCUT2D eigenvalue weighted by atomic mass is 10.1. The van der Waals surface area contributed by atoms with Gasteiger partial charge in [-0.3, -0.25) is 0 Å². The Morgan fingerprint density at radius 2 is 1.96 bits per heavy atom. The summed E-state index contributed by atoms with van der Waals surface area (Å²) in [5.41, 5.74) is -0.474. The standard InChI is InChI=1S/C21H36N2O4S/c1-16(2)11-14-23(28-17-9-10-19(26-6)18(24)15-17)13-8-7-12-22-20(25)27-21(3,4)5/h9-10,15-16,24H,7-8,11-14H2,1-6H3,(H,22,25). The highest BCUT2D eigenvalue weighted by Gasteiger charge is 2.15. The molecule has 0 saturated carbocycles. The minimum atomic E-state index is -0.474. The second kappa shape index (κ2) is 12.1. The molecule has 0 aromatic heterocycles. The van der Waals surface area contributed by atoms with E-state index in [-0.39, 0.29) is 11.8 Å². The van der Waals surface area contributed by atoms with Gasteiger partial charge in [0.2, 0.25) is 0 Å². The molecule has 0 atom stereocenters. The number of methoxy groups -OCH3 is 1. The van der Waals surface area contributed by atoms with Gasteiger partial charge in [0.15, 0.2) is 11.5 Å². The van der Waals surface area contributed by atoms with Crippen molar-refractivity contribution >= 4 is 18.0 Å². The Hall–Kier alpha value is -1.60. The monoisotopic (exact) mass is 412 g/mol. The zero-order chi connectivity index (χ0) is 21.2. The van der Waals surface area contributed by atoms with Crippen LogP contribution in [0.3, 0.4) is 0 Å². The number of hydrogen-bond donors (Lipinski definition) is 2. The number of carbonyl (C=O) groups excluding carboxylic acids is 1. The lowest BCUT2D eigenvalue weighted by Gasteiger charge is -2.22. The highest BCUT2D eigenvalue weighted by Crippen LogP contribution is 2.32. The predicted molar refractivity (Wildman–Crippen MR) is 115 cm³/mol. The van der Waals surface area contributed by atoms with Crippen LogP contribution >= 0.6 is 11.9 Å². The van der Waals surface area contributed by atoms with E-state index >= 15 is 0 Å². The van der Waals surface area contributed by atoms with Crippen molar-refractivity contribution in [3.8, 4) is 11.5 Å². The van der Waals surface area contributed by atoms with Gasteiger partial charge in [0, 0.05) is 24.5 Å². The summed E-state index contributed by atoms with van der Waals surface area (Å²) in [6, 6.07) is 5.47. The summed E-state index contributed by atoms with van der Waals surface area (Å²) >= 11 is 1.64. The van der Waals surface area contributed by atoms with Gasteiger partial charge in [-0.1, -0.05) is 13.8 Å². The van der Waals surface area contributed by atoms with Crippen LogP contribution in [0.15, 0.2) is 23.1 Å². The lowest BCUT2D eigenvalue weighted by Crippen LogP contribution is -2.33. The van der Waals surface area contributed by atoms with Crippen molar-refractivity contribution in [3.05, 3.63) is 18.2 Å². The molecule has 0 bridgehead atoms. The molecule has 1 amide bonds. The van der Waals surface area contributed by atoms with E-state index in [1.807, 2.05) is 26.8 Å². The average molecular weight is 413 g/mol. The number of phenolic OH excluding ortho intramolecular Hbond substituents is 1. The second-order valence-electron chi connectivity index (χ2n) is 8.17. The number of unbranched alkanes of at least 4 members (excludes halogenated alkanes) is 1. The van der Waals surface area contributed by atoms with Gasteiger partial charge < -0.3 is 19.9 Å². The van der Waals surface area contributed by atoms with Gasteiger partial charge in [0.05, 0.1) is 7.11 Å². The Morgan fingerprint density at radius 3 is 2.54 bits per heavy atom. The Kier molecular flexibility index (Phi) is 10.5. The normalized spacial score (nSPS) is 11.7. The lowest BCUT2D eigenvalue weighted by molar-refractivity contribution is 0.0527. The van der Waals surface area contributed by atoms with Crippen molar-refractivity contribution in [2.75, 3.05) is 26.7 Å². The smallest absolute Gasteiger partial charge is 0.407 e. The first kappa shape index (κ1) is 24.4. The highest BCUT2D eigenvalue weighted by atomic mass is 32.2. The number of nitrogens with zero attached hydrogens (tertiary/aromatic N) is 1. The van der Waals surface area contributed by atoms with Gasteiger partial charge in [-0.05, 0) is 76.1 Å². The Bertz CT molecular complexity index is 603. The van der Waals surface area contributed by atoms with Gasteiger partial charge in [-0.2, -0.15) is 0 Å². The van der Waals surface area contributed by atoms with E-state index in [1.165, 1.54) is 0 Å². The van der Waals surface area contributed by atoms with E-state index in [9.17, 15) is 9.90 Å². The molecule has 2 N–H and O–H groups in total. The van der Waals surface area contributed by atoms with Crippen LogP contribution in [0.4, 0.5) is 4.79 Å². The third-order valence-corrected chi connectivity index (χ3v) is 4.93. The van der Waals surface area contributed by atoms with Crippen LogP contribution in [0.2, 0.25) is 0 Å². The maximum absolute atomic E-state index is 11.7. The first-order valence-corrected chi connectivity index (χ1v) is 10.6. The molecule has 28 heavy (non-hydrogen) atoms. The molecule has 0 saturated heterocycles. The van der Waals surface area contributed by atoms with Gasteiger partial charge in [-0.15, -0.1) is 0 Å². The van der Waals surface area contributed by atoms with Gasteiger partial charge in [-0.25, -0.2) is 9.10 Å². The summed E-state index contributed by atoms with van der Waals surface area (Å²) in [5.74, 6) is 1.25. The van der Waals surface area contributed by atoms with Crippen LogP contribution in [0.5, 0.6) is 11.5 Å². The maximum Gasteiger partial charge on any atom is 0.407 e. The number of benzene rings is 1. The van der Waals surface area contributed by atoms with Crippen LogP contribution in [0.1, 0.15) is 53.9 Å². The molecule has 0 fully saturated rings. The average Bonchev–Trinajstić information content (AvgIpc) is 2.57. The fourth-order valence-electron chi connectivity index (χ4n) is 2.40. The summed E-state index contributed by atoms with van der Waals surface area (Å²) in [4.78, 5) is 12.7. The molecule has 0 radical (unpaired) electrons. The number of phenols is 1. The molecule has 0 spiro atoms. The molecule has 0 aliphatic heterocycles. The first-order chi connectivity index (χ1) is 13.1. The molecule has 0 aliphatic carbocycles. The Labute approximate surface area is 174 Å². The molecule has 1 rings (SSSR count). The number of amides is 1. The van der Waals surface area contributed by atoms with Crippen LogP contribution in [-0.4, -0.2) is 47.9 Å². The SMILES string of the molecule is COc1ccc(SN(CCCCNC(=O)OC(C)(C)C)CCC(C)C)cc1O. The van der Waals surface area contributed by atoms with Crippen molar-refractivity contribution in [3.63, 3.8) is 0 Å². The minimum Gasteiger partial charge on any atom is -0.504 e. The summed E-state index contributed by atoms with van der Waals surface area (Å²) in [6.07, 6.45) is 2.58. The largest absolute Gasteiger partial charge is 0.504 e. The first-order valence-electron chi connectivity index (χ1n) is 9.87. The van der Waals surface area contributed by atoms with E-state index < -0.39 is 5.60 Å². The van der Waals surface area contributed by atoms with E-state index in [0.717, 1.165) is 37.2 Å². The number of carbonyl (C=O) groups is 1. The molecule has 1 aromatic carbocycles. The van der Waals surface area contributed by atoms with Crippen LogP contribution in [0.25, 0.3) is 0 Å². The zero-order valence-corrected chi connectivity index (χ0v) is 18.9. The summed E-state index contributed by atoms with van der Waals surface area (Å²) in [6.45, 7) is 12.5. The van der Waals surface area contributed by atoms with E-state index in [0.29, 0.717) is 18.2 Å². The second-order valence-corrected chi connectivity index (χ2v) is 9.34. The summed E-state index contributed by atoms with van der Waals surface area (Å²) in [5, 5.41) is 12.8. The molecule has 0 aliphatic rings. The molecule has 1 aromatic rings. The summed E-state index contributed by atoms with van der Waals surface area (Å²) < 4.78 is 12.7. The van der Waals surface area contributed by atoms with Crippen molar-refractivity contribution in [2.45, 2.75) is 64.4 Å². The zero-order valence-electron chi connectivity index (χ0n) is 18.1. The number of ether oxygens (including phenoxy) is 2. The number of nitrogens with one attached hydrogen (secondary N) is 1. The third kappa shape index (κ3) is 10.7. The fourth-order valence-corrected chi connectivity index (χ4v) is 3.41. The number of alkyl carbamates (subject to hydrolysis) is 1. The molecule has 7 heteroatoms. The molecule has 0 unspecified atom stereocenters. The Morgan fingerprint density at radius 1 is 1.25 bits per heavy atom.